The van der Waals surface area contributed by atoms with E-state index in [-0.39, 0.29) is 0 Å². The van der Waals surface area contributed by atoms with E-state index in [1.54, 1.807) is 11.3 Å². The molecule has 4 aromatic rings. The molecule has 0 aliphatic rings. The Hall–Kier alpha value is -2.45. The fourth-order valence-electron chi connectivity index (χ4n) is 2.51. The van der Waals surface area contributed by atoms with Crippen LogP contribution < -0.4 is 0 Å². The maximum Gasteiger partial charge on any atom is 0.0636 e. The molecule has 0 atom stereocenters. The molecule has 4 rings (SSSR count). The first kappa shape index (κ1) is 12.3. The molecule has 21 heavy (non-hydrogen) atoms. The van der Waals surface area contributed by atoms with Gasteiger partial charge in [0.2, 0.25) is 0 Å². The second kappa shape index (κ2) is 5.15. The second-order valence-corrected chi connectivity index (χ2v) is 5.98. The number of fused-ring (bicyclic) bond motifs is 2. The average Bonchev–Trinajstić information content (AvgIpc) is 3.04. The Morgan fingerprint density at radius 2 is 1.48 bits per heavy atom. The Morgan fingerprint density at radius 1 is 0.714 bits per heavy atom. The van der Waals surface area contributed by atoms with Gasteiger partial charge in [0.25, 0.3) is 0 Å². The zero-order valence-corrected chi connectivity index (χ0v) is 12.2. The third-order valence-corrected chi connectivity index (χ3v) is 4.38. The molecule has 2 heteroatoms. The summed E-state index contributed by atoms with van der Waals surface area (Å²) in [5.41, 5.74) is 0.992. The van der Waals surface area contributed by atoms with Gasteiger partial charge in [-0.15, -0.1) is 11.3 Å². The zero-order chi connectivity index (χ0) is 14.1. The Kier molecular flexibility index (Phi) is 3.02. The maximum atomic E-state index is 4.56. The number of hydrogen-bond donors (Lipinski definition) is 0. The lowest BCUT2D eigenvalue weighted by atomic mass is 10.0. The molecule has 0 bridgehead atoms. The van der Waals surface area contributed by atoms with Gasteiger partial charge in [0.1, 0.15) is 0 Å². The molecule has 0 saturated heterocycles. The SMILES string of the molecule is C(=Nc1ccc2cc3ccccc3cc2c1)c1cccs1. The van der Waals surface area contributed by atoms with Gasteiger partial charge < -0.3 is 0 Å². The van der Waals surface area contributed by atoms with E-state index in [9.17, 15) is 0 Å². The van der Waals surface area contributed by atoms with Crippen LogP contribution in [-0.2, 0) is 0 Å². The Balaban J connectivity index is 1.80. The lowest BCUT2D eigenvalue weighted by Crippen LogP contribution is -1.77. The minimum Gasteiger partial charge on any atom is -0.255 e. The first-order valence-corrected chi connectivity index (χ1v) is 7.77. The number of aliphatic imine (C=N–C) groups is 1. The Bertz CT molecular complexity index is 936. The molecule has 0 radical (unpaired) electrons. The van der Waals surface area contributed by atoms with E-state index in [2.05, 4.69) is 71.0 Å². The molecule has 100 valence electrons. The summed E-state index contributed by atoms with van der Waals surface area (Å²) < 4.78 is 0. The van der Waals surface area contributed by atoms with Crippen molar-refractivity contribution in [1.82, 2.24) is 0 Å². The molecule has 0 unspecified atom stereocenters. The standard InChI is InChI=1S/C19H13NS/c1-2-5-15-11-17-12-18(20-13-19-6-3-9-21-19)8-7-16(17)10-14(15)4-1/h1-13H. The highest BCUT2D eigenvalue weighted by Gasteiger charge is 1.99. The van der Waals surface area contributed by atoms with Crippen molar-refractivity contribution in [3.63, 3.8) is 0 Å². The largest absolute Gasteiger partial charge is 0.255 e. The Morgan fingerprint density at radius 3 is 2.24 bits per heavy atom. The molecule has 0 saturated carbocycles. The van der Waals surface area contributed by atoms with Crippen molar-refractivity contribution >= 4 is 44.8 Å². The summed E-state index contributed by atoms with van der Waals surface area (Å²) >= 11 is 1.70. The van der Waals surface area contributed by atoms with Crippen molar-refractivity contribution < 1.29 is 0 Å². The highest BCUT2D eigenvalue weighted by molar-refractivity contribution is 7.11. The Labute approximate surface area is 127 Å². The quantitative estimate of drug-likeness (QED) is 0.326. The van der Waals surface area contributed by atoms with E-state index in [0.717, 1.165) is 5.69 Å². The van der Waals surface area contributed by atoms with Gasteiger partial charge in [-0.3, -0.25) is 4.99 Å². The molecule has 0 aliphatic carbocycles. The summed E-state index contributed by atoms with van der Waals surface area (Å²) in [5, 5.41) is 7.09. The second-order valence-electron chi connectivity index (χ2n) is 5.00. The van der Waals surface area contributed by atoms with E-state index < -0.39 is 0 Å². The number of nitrogens with zero attached hydrogens (tertiary/aromatic N) is 1. The van der Waals surface area contributed by atoms with Crippen LogP contribution in [0.4, 0.5) is 5.69 Å². The summed E-state index contributed by atoms with van der Waals surface area (Å²) in [4.78, 5) is 5.74. The molecule has 0 fully saturated rings. The number of thiophene rings is 1. The van der Waals surface area contributed by atoms with Gasteiger partial charge in [-0.05, 0) is 57.3 Å². The minimum absolute atomic E-state index is 0.992. The number of benzene rings is 3. The maximum absolute atomic E-state index is 4.56. The lowest BCUT2D eigenvalue weighted by Gasteiger charge is -2.03. The molecular formula is C19H13NS. The molecule has 0 N–H and O–H groups in total. The normalized spacial score (nSPS) is 11.6. The van der Waals surface area contributed by atoms with Crippen LogP contribution in [0.15, 0.2) is 77.1 Å². The molecule has 0 aliphatic heterocycles. The van der Waals surface area contributed by atoms with Gasteiger partial charge in [0, 0.05) is 11.1 Å². The minimum atomic E-state index is 0.992. The number of hydrogen-bond acceptors (Lipinski definition) is 2. The highest BCUT2D eigenvalue weighted by Crippen LogP contribution is 2.26. The van der Waals surface area contributed by atoms with Crippen LogP contribution in [0.5, 0.6) is 0 Å². The van der Waals surface area contributed by atoms with Crippen LogP contribution in [0.2, 0.25) is 0 Å². The fourth-order valence-corrected chi connectivity index (χ4v) is 3.10. The van der Waals surface area contributed by atoms with Crippen LogP contribution in [-0.4, -0.2) is 6.21 Å². The summed E-state index contributed by atoms with van der Waals surface area (Å²) in [6, 6.07) is 23.4. The average molecular weight is 287 g/mol. The monoisotopic (exact) mass is 287 g/mol. The van der Waals surface area contributed by atoms with Crippen LogP contribution >= 0.6 is 11.3 Å². The topological polar surface area (TPSA) is 12.4 Å². The highest BCUT2D eigenvalue weighted by atomic mass is 32.1. The first-order chi connectivity index (χ1) is 10.4. The van der Waals surface area contributed by atoms with Gasteiger partial charge >= 0.3 is 0 Å². The van der Waals surface area contributed by atoms with E-state index in [4.69, 9.17) is 0 Å². The van der Waals surface area contributed by atoms with E-state index in [1.807, 2.05) is 12.3 Å². The predicted octanol–water partition coefficient (Wildman–Crippen LogP) is 5.81. The molecule has 3 aromatic carbocycles. The summed E-state index contributed by atoms with van der Waals surface area (Å²) in [5.74, 6) is 0. The molecule has 1 nitrogen and oxygen atoms in total. The van der Waals surface area contributed by atoms with Crippen molar-refractivity contribution in [3.8, 4) is 0 Å². The molecular weight excluding hydrogens is 274 g/mol. The molecule has 1 heterocycles. The molecule has 0 spiro atoms. The summed E-state index contributed by atoms with van der Waals surface area (Å²) in [7, 11) is 0. The smallest absolute Gasteiger partial charge is 0.0636 e. The van der Waals surface area contributed by atoms with Crippen LogP contribution in [0.25, 0.3) is 21.5 Å². The van der Waals surface area contributed by atoms with Crippen LogP contribution in [0, 0.1) is 0 Å². The molecule has 0 amide bonds. The summed E-state index contributed by atoms with van der Waals surface area (Å²) in [6.45, 7) is 0. The third-order valence-electron chi connectivity index (χ3n) is 3.57. The molecule has 1 aromatic heterocycles. The van der Waals surface area contributed by atoms with Crippen LogP contribution in [0.1, 0.15) is 4.88 Å². The predicted molar refractivity (Wildman–Crippen MR) is 93.0 cm³/mol. The number of rotatable bonds is 2. The van der Waals surface area contributed by atoms with Crippen molar-refractivity contribution in [2.45, 2.75) is 0 Å². The third kappa shape index (κ3) is 2.46. The van der Waals surface area contributed by atoms with E-state index in [0.29, 0.717) is 0 Å². The zero-order valence-electron chi connectivity index (χ0n) is 11.4. The van der Waals surface area contributed by atoms with Crippen molar-refractivity contribution in [1.29, 1.82) is 0 Å². The fraction of sp³-hybridized carbons (Fsp3) is 0. The van der Waals surface area contributed by atoms with Crippen molar-refractivity contribution in [2.75, 3.05) is 0 Å². The lowest BCUT2D eigenvalue weighted by molar-refractivity contribution is 1.57. The van der Waals surface area contributed by atoms with E-state index >= 15 is 0 Å². The van der Waals surface area contributed by atoms with Crippen LogP contribution in [0.3, 0.4) is 0 Å². The van der Waals surface area contributed by atoms with Gasteiger partial charge in [0.05, 0.1) is 5.69 Å². The van der Waals surface area contributed by atoms with Gasteiger partial charge in [0.15, 0.2) is 0 Å². The van der Waals surface area contributed by atoms with E-state index in [1.165, 1.54) is 26.4 Å². The van der Waals surface area contributed by atoms with Gasteiger partial charge in [-0.2, -0.15) is 0 Å². The van der Waals surface area contributed by atoms with Crippen molar-refractivity contribution in [2.24, 2.45) is 4.99 Å². The first-order valence-electron chi connectivity index (χ1n) is 6.89. The van der Waals surface area contributed by atoms with Gasteiger partial charge in [-0.1, -0.05) is 36.4 Å². The summed E-state index contributed by atoms with van der Waals surface area (Å²) in [6.07, 6.45) is 1.92. The van der Waals surface area contributed by atoms with Crippen molar-refractivity contribution in [3.05, 3.63) is 77.0 Å². The van der Waals surface area contributed by atoms with Gasteiger partial charge in [-0.25, -0.2) is 0 Å².